The standard InChI is InChI=1S/C18H19N3/c1-12-6-5-7-14(10-12)18(21-19)17-11-13(2)15-8-3-4-9-16(15)20-17/h3-11,18,21H,19H2,1-2H3. The summed E-state index contributed by atoms with van der Waals surface area (Å²) in [5, 5.41) is 1.18. The van der Waals surface area contributed by atoms with Crippen LogP contribution in [0.5, 0.6) is 0 Å². The van der Waals surface area contributed by atoms with Crippen molar-refractivity contribution in [2.75, 3.05) is 0 Å². The number of hydrogen-bond acceptors (Lipinski definition) is 3. The summed E-state index contributed by atoms with van der Waals surface area (Å²) >= 11 is 0. The van der Waals surface area contributed by atoms with E-state index in [1.807, 2.05) is 24.3 Å². The van der Waals surface area contributed by atoms with Gasteiger partial charge in [-0.15, -0.1) is 0 Å². The zero-order chi connectivity index (χ0) is 14.8. The van der Waals surface area contributed by atoms with E-state index in [0.29, 0.717) is 0 Å². The van der Waals surface area contributed by atoms with Crippen LogP contribution in [0.1, 0.15) is 28.4 Å². The Morgan fingerprint density at radius 2 is 1.81 bits per heavy atom. The van der Waals surface area contributed by atoms with Crippen LogP contribution in [0, 0.1) is 13.8 Å². The van der Waals surface area contributed by atoms with Crippen LogP contribution >= 0.6 is 0 Å². The smallest absolute Gasteiger partial charge is 0.0881 e. The predicted octanol–water partition coefficient (Wildman–Crippen LogP) is 3.40. The second-order valence-electron chi connectivity index (χ2n) is 5.39. The largest absolute Gasteiger partial charge is 0.271 e. The topological polar surface area (TPSA) is 50.9 Å². The van der Waals surface area contributed by atoms with Crippen molar-refractivity contribution in [2.45, 2.75) is 19.9 Å². The van der Waals surface area contributed by atoms with Crippen molar-refractivity contribution in [1.29, 1.82) is 0 Å². The van der Waals surface area contributed by atoms with Gasteiger partial charge in [-0.2, -0.15) is 0 Å². The highest BCUT2D eigenvalue weighted by Crippen LogP contribution is 2.25. The number of para-hydroxylation sites is 1. The molecular formula is C18H19N3. The molecule has 3 rings (SSSR count). The van der Waals surface area contributed by atoms with Gasteiger partial charge in [0.25, 0.3) is 0 Å². The number of nitrogens with one attached hydrogen (secondary N) is 1. The summed E-state index contributed by atoms with van der Waals surface area (Å²) < 4.78 is 0. The van der Waals surface area contributed by atoms with E-state index in [1.54, 1.807) is 0 Å². The van der Waals surface area contributed by atoms with Crippen LogP contribution in [-0.4, -0.2) is 4.98 Å². The first-order valence-corrected chi connectivity index (χ1v) is 7.08. The molecule has 0 bridgehead atoms. The van der Waals surface area contributed by atoms with Gasteiger partial charge in [0, 0.05) is 5.39 Å². The minimum absolute atomic E-state index is 0.104. The molecule has 1 atom stereocenters. The van der Waals surface area contributed by atoms with Crippen molar-refractivity contribution < 1.29 is 0 Å². The molecule has 0 spiro atoms. The molecule has 0 aliphatic carbocycles. The van der Waals surface area contributed by atoms with E-state index in [-0.39, 0.29) is 6.04 Å². The normalized spacial score (nSPS) is 12.5. The lowest BCUT2D eigenvalue weighted by atomic mass is 9.99. The Morgan fingerprint density at radius 1 is 1.00 bits per heavy atom. The molecule has 106 valence electrons. The minimum Gasteiger partial charge on any atom is -0.271 e. The summed E-state index contributed by atoms with van der Waals surface area (Å²) in [7, 11) is 0. The maximum Gasteiger partial charge on any atom is 0.0881 e. The number of fused-ring (bicyclic) bond motifs is 1. The van der Waals surface area contributed by atoms with Crippen LogP contribution in [0.15, 0.2) is 54.6 Å². The molecular weight excluding hydrogens is 258 g/mol. The van der Waals surface area contributed by atoms with Gasteiger partial charge in [-0.05, 0) is 37.1 Å². The van der Waals surface area contributed by atoms with Gasteiger partial charge in [0.15, 0.2) is 0 Å². The molecule has 1 heterocycles. The molecule has 0 fully saturated rings. The third-order valence-electron chi connectivity index (χ3n) is 3.78. The Bertz CT molecular complexity index is 780. The second-order valence-corrected chi connectivity index (χ2v) is 5.39. The lowest BCUT2D eigenvalue weighted by molar-refractivity contribution is 0.622. The molecule has 3 nitrogen and oxygen atoms in total. The number of nitrogens with zero attached hydrogens (tertiary/aromatic N) is 1. The van der Waals surface area contributed by atoms with Gasteiger partial charge in [-0.25, -0.2) is 5.43 Å². The van der Waals surface area contributed by atoms with Crippen LogP contribution in [0.4, 0.5) is 0 Å². The van der Waals surface area contributed by atoms with E-state index in [0.717, 1.165) is 16.8 Å². The Hall–Kier alpha value is -2.23. The van der Waals surface area contributed by atoms with Crippen LogP contribution in [-0.2, 0) is 0 Å². The lowest BCUT2D eigenvalue weighted by Crippen LogP contribution is -2.29. The van der Waals surface area contributed by atoms with Crippen LogP contribution in [0.3, 0.4) is 0 Å². The van der Waals surface area contributed by atoms with Crippen LogP contribution in [0.25, 0.3) is 10.9 Å². The number of nitrogens with two attached hydrogens (primary N) is 1. The fourth-order valence-corrected chi connectivity index (χ4v) is 2.73. The van der Waals surface area contributed by atoms with Gasteiger partial charge < -0.3 is 0 Å². The average Bonchev–Trinajstić information content (AvgIpc) is 2.48. The molecule has 0 saturated heterocycles. The van der Waals surface area contributed by atoms with Gasteiger partial charge >= 0.3 is 0 Å². The Balaban J connectivity index is 2.13. The number of hydrogen-bond donors (Lipinski definition) is 2. The van der Waals surface area contributed by atoms with Gasteiger partial charge in [0.1, 0.15) is 0 Å². The fourth-order valence-electron chi connectivity index (χ4n) is 2.73. The maximum atomic E-state index is 5.79. The van der Waals surface area contributed by atoms with Crippen molar-refractivity contribution in [3.8, 4) is 0 Å². The van der Waals surface area contributed by atoms with Gasteiger partial charge in [0.05, 0.1) is 17.3 Å². The van der Waals surface area contributed by atoms with E-state index in [2.05, 4.69) is 49.6 Å². The molecule has 3 N–H and O–H groups in total. The summed E-state index contributed by atoms with van der Waals surface area (Å²) in [5.41, 5.74) is 8.38. The molecule has 3 aromatic rings. The highest BCUT2D eigenvalue weighted by Gasteiger charge is 2.15. The van der Waals surface area contributed by atoms with Crippen LogP contribution in [0.2, 0.25) is 0 Å². The molecule has 21 heavy (non-hydrogen) atoms. The molecule has 2 aromatic carbocycles. The number of aryl methyl sites for hydroxylation is 2. The molecule has 1 unspecified atom stereocenters. The number of rotatable bonds is 3. The first-order chi connectivity index (χ1) is 10.2. The average molecular weight is 277 g/mol. The lowest BCUT2D eigenvalue weighted by Gasteiger charge is -2.18. The molecule has 0 aliphatic rings. The Labute approximate surface area is 124 Å². The molecule has 3 heteroatoms. The molecule has 0 saturated carbocycles. The van der Waals surface area contributed by atoms with E-state index in [1.165, 1.54) is 16.5 Å². The van der Waals surface area contributed by atoms with Crippen molar-refractivity contribution in [3.05, 3.63) is 77.0 Å². The summed E-state index contributed by atoms with van der Waals surface area (Å²) in [4.78, 5) is 4.77. The highest BCUT2D eigenvalue weighted by atomic mass is 15.2. The van der Waals surface area contributed by atoms with E-state index < -0.39 is 0 Å². The summed E-state index contributed by atoms with van der Waals surface area (Å²) in [6.45, 7) is 4.19. The summed E-state index contributed by atoms with van der Waals surface area (Å²) in [5.74, 6) is 5.79. The Kier molecular flexibility index (Phi) is 3.69. The van der Waals surface area contributed by atoms with Gasteiger partial charge in [0.2, 0.25) is 0 Å². The highest BCUT2D eigenvalue weighted by molar-refractivity contribution is 5.82. The zero-order valence-corrected chi connectivity index (χ0v) is 12.3. The van der Waals surface area contributed by atoms with Crippen molar-refractivity contribution in [3.63, 3.8) is 0 Å². The summed E-state index contributed by atoms with van der Waals surface area (Å²) in [6.07, 6.45) is 0. The SMILES string of the molecule is Cc1cccc(C(NN)c2cc(C)c3ccccc3n2)c1. The maximum absolute atomic E-state index is 5.79. The van der Waals surface area contributed by atoms with E-state index >= 15 is 0 Å². The second kappa shape index (κ2) is 5.64. The number of pyridine rings is 1. The molecule has 0 aliphatic heterocycles. The minimum atomic E-state index is -0.104. The zero-order valence-electron chi connectivity index (χ0n) is 12.3. The first kappa shape index (κ1) is 13.7. The number of hydrazine groups is 1. The van der Waals surface area contributed by atoms with Gasteiger partial charge in [-0.3, -0.25) is 10.8 Å². The quantitative estimate of drug-likeness (QED) is 0.570. The third kappa shape index (κ3) is 2.66. The van der Waals surface area contributed by atoms with Gasteiger partial charge in [-0.1, -0.05) is 48.0 Å². The molecule has 0 amide bonds. The van der Waals surface area contributed by atoms with E-state index in [4.69, 9.17) is 10.8 Å². The first-order valence-electron chi connectivity index (χ1n) is 7.08. The Morgan fingerprint density at radius 3 is 2.57 bits per heavy atom. The number of benzene rings is 2. The molecule has 1 aromatic heterocycles. The summed E-state index contributed by atoms with van der Waals surface area (Å²) in [6, 6.07) is 18.5. The fraction of sp³-hybridized carbons (Fsp3) is 0.167. The van der Waals surface area contributed by atoms with Crippen LogP contribution < -0.4 is 11.3 Å². The van der Waals surface area contributed by atoms with Crippen molar-refractivity contribution in [1.82, 2.24) is 10.4 Å². The van der Waals surface area contributed by atoms with Crippen molar-refractivity contribution in [2.24, 2.45) is 5.84 Å². The third-order valence-corrected chi connectivity index (χ3v) is 3.78. The van der Waals surface area contributed by atoms with Crippen molar-refractivity contribution >= 4 is 10.9 Å². The molecule has 0 radical (unpaired) electrons. The predicted molar refractivity (Wildman–Crippen MR) is 86.8 cm³/mol. The number of aromatic nitrogens is 1. The monoisotopic (exact) mass is 277 g/mol. The van der Waals surface area contributed by atoms with E-state index in [9.17, 15) is 0 Å².